The smallest absolute Gasteiger partial charge is 0.335 e. The van der Waals surface area contributed by atoms with E-state index in [1.165, 1.54) is 36.8 Å². The summed E-state index contributed by atoms with van der Waals surface area (Å²) in [6.07, 6.45) is 12.7. The van der Waals surface area contributed by atoms with Crippen LogP contribution in [0, 0.1) is 57.2 Å². The third kappa shape index (κ3) is 5.52. The quantitative estimate of drug-likeness (QED) is 0.221. The number of carboxylic acid groups (broad SMARTS) is 1. The second-order valence-corrected chi connectivity index (χ2v) is 17.6. The lowest BCUT2D eigenvalue weighted by atomic mass is 9.37. The number of aliphatic hydroxyl groups is 1. The Hall–Kier alpha value is -2.44. The predicted molar refractivity (Wildman–Crippen MR) is 193 cm³/mol. The van der Waals surface area contributed by atoms with Crippen molar-refractivity contribution in [2.75, 3.05) is 32.8 Å². The van der Waals surface area contributed by atoms with Gasteiger partial charge in [0, 0.05) is 19.6 Å². The van der Waals surface area contributed by atoms with Crippen molar-refractivity contribution >= 4 is 17.4 Å². The van der Waals surface area contributed by atoms with Crippen molar-refractivity contribution in [1.29, 1.82) is 0 Å². The average molecular weight is 659 g/mol. The van der Waals surface area contributed by atoms with Crippen molar-refractivity contribution in [2.45, 2.75) is 99.3 Å². The van der Waals surface area contributed by atoms with Crippen LogP contribution in [0.3, 0.4) is 0 Å². The number of fused-ring (bicyclic) bond motifs is 7. The number of aromatic carboxylic acids is 1. The van der Waals surface area contributed by atoms with Crippen molar-refractivity contribution in [3.05, 3.63) is 53.6 Å². The summed E-state index contributed by atoms with van der Waals surface area (Å²) in [6, 6.07) is 7.53. The van der Waals surface area contributed by atoms with E-state index in [1.807, 2.05) is 12.1 Å². The van der Waals surface area contributed by atoms with E-state index in [-0.39, 0.29) is 34.2 Å². The van der Waals surface area contributed by atoms with Crippen LogP contribution in [0.1, 0.15) is 115 Å². The van der Waals surface area contributed by atoms with Crippen molar-refractivity contribution < 1.29 is 19.8 Å². The zero-order valence-corrected chi connectivity index (χ0v) is 30.6. The SMILES string of the molecule is C=C(C)C1CCC2(C(=O)NCCN(CC)CCO)CCC3(C)C(CCC4C3CCC3C(C)(C)C(c5ccc(C(=O)O)cc5)=CCC43C)C12. The molecule has 9 atom stereocenters. The molecule has 4 fully saturated rings. The number of carboxylic acids is 1. The topological polar surface area (TPSA) is 89.9 Å². The summed E-state index contributed by atoms with van der Waals surface area (Å²) >= 11 is 0. The molecule has 6 heteroatoms. The molecule has 1 aromatic carbocycles. The number of benzene rings is 1. The molecule has 0 aromatic heterocycles. The number of hydrogen-bond donors (Lipinski definition) is 3. The van der Waals surface area contributed by atoms with E-state index >= 15 is 0 Å². The normalized spacial score (nSPS) is 38.2. The van der Waals surface area contributed by atoms with Gasteiger partial charge in [0.25, 0.3) is 0 Å². The fourth-order valence-electron chi connectivity index (χ4n) is 13.0. The van der Waals surface area contributed by atoms with E-state index in [2.05, 4.69) is 64.4 Å². The maximum atomic E-state index is 14.3. The largest absolute Gasteiger partial charge is 0.478 e. The first-order valence-corrected chi connectivity index (χ1v) is 19.1. The van der Waals surface area contributed by atoms with Crippen LogP contribution in [0.15, 0.2) is 42.5 Å². The molecule has 9 unspecified atom stereocenters. The van der Waals surface area contributed by atoms with E-state index in [0.717, 1.165) is 50.8 Å². The van der Waals surface area contributed by atoms with E-state index in [9.17, 15) is 19.8 Å². The Morgan fingerprint density at radius 3 is 2.23 bits per heavy atom. The summed E-state index contributed by atoms with van der Waals surface area (Å²) < 4.78 is 0. The highest BCUT2D eigenvalue weighted by atomic mass is 16.4. The first-order valence-electron chi connectivity index (χ1n) is 19.1. The molecule has 0 aliphatic heterocycles. The Kier molecular flexibility index (Phi) is 9.61. The van der Waals surface area contributed by atoms with Crippen LogP contribution in [-0.2, 0) is 4.79 Å². The molecule has 1 aromatic rings. The maximum absolute atomic E-state index is 14.3. The number of nitrogens with one attached hydrogen (secondary N) is 1. The first-order chi connectivity index (χ1) is 22.7. The lowest BCUT2D eigenvalue weighted by Crippen LogP contribution is -2.62. The molecule has 3 N–H and O–H groups in total. The van der Waals surface area contributed by atoms with Crippen LogP contribution >= 0.6 is 0 Å². The van der Waals surface area contributed by atoms with Crippen molar-refractivity contribution in [2.24, 2.45) is 57.2 Å². The highest BCUT2D eigenvalue weighted by Crippen LogP contribution is 2.74. The van der Waals surface area contributed by atoms with Gasteiger partial charge in [0.15, 0.2) is 0 Å². The van der Waals surface area contributed by atoms with Crippen molar-refractivity contribution in [3.8, 4) is 0 Å². The third-order valence-corrected chi connectivity index (χ3v) is 15.3. The number of rotatable bonds is 10. The Morgan fingerprint density at radius 1 is 0.917 bits per heavy atom. The Bertz CT molecular complexity index is 1430. The highest BCUT2D eigenvalue weighted by molar-refractivity contribution is 5.88. The van der Waals surface area contributed by atoms with E-state index in [1.54, 1.807) is 12.1 Å². The highest BCUT2D eigenvalue weighted by Gasteiger charge is 2.68. The lowest BCUT2D eigenvalue weighted by Gasteiger charge is -2.68. The minimum Gasteiger partial charge on any atom is -0.478 e. The predicted octanol–water partition coefficient (Wildman–Crippen LogP) is 8.08. The fourth-order valence-corrected chi connectivity index (χ4v) is 13.0. The number of amides is 1. The molecule has 1 amide bonds. The molecule has 264 valence electrons. The molecule has 0 saturated heterocycles. The van der Waals surface area contributed by atoms with Gasteiger partial charge in [-0.3, -0.25) is 9.69 Å². The van der Waals surface area contributed by atoms with Crippen LogP contribution in [0.25, 0.3) is 5.57 Å². The van der Waals surface area contributed by atoms with E-state index in [0.29, 0.717) is 54.2 Å². The van der Waals surface area contributed by atoms with Crippen LogP contribution in [0.4, 0.5) is 0 Å². The number of likely N-dealkylation sites (N-methyl/N-ethyl adjacent to an activating group) is 1. The van der Waals surface area contributed by atoms with Gasteiger partial charge >= 0.3 is 5.97 Å². The number of carbonyl (C=O) groups is 2. The summed E-state index contributed by atoms with van der Waals surface area (Å²) in [6.45, 7) is 22.0. The third-order valence-electron chi connectivity index (χ3n) is 15.3. The number of hydrogen-bond acceptors (Lipinski definition) is 4. The van der Waals surface area contributed by atoms with E-state index in [4.69, 9.17) is 0 Å². The zero-order chi connectivity index (χ0) is 34.6. The van der Waals surface area contributed by atoms with Crippen molar-refractivity contribution in [3.63, 3.8) is 0 Å². The summed E-state index contributed by atoms with van der Waals surface area (Å²) in [7, 11) is 0. The van der Waals surface area contributed by atoms with Crippen LogP contribution in [-0.4, -0.2) is 59.8 Å². The number of carbonyl (C=O) groups excluding carboxylic acids is 1. The zero-order valence-electron chi connectivity index (χ0n) is 30.6. The van der Waals surface area contributed by atoms with Crippen LogP contribution in [0.5, 0.6) is 0 Å². The molecule has 4 saturated carbocycles. The van der Waals surface area contributed by atoms with Gasteiger partial charge in [-0.2, -0.15) is 0 Å². The Labute approximate surface area is 289 Å². The second kappa shape index (κ2) is 13.0. The summed E-state index contributed by atoms with van der Waals surface area (Å²) in [5, 5.41) is 22.3. The van der Waals surface area contributed by atoms with Gasteiger partial charge in [-0.1, -0.05) is 65.0 Å². The number of allylic oxidation sites excluding steroid dienone is 3. The molecule has 0 heterocycles. The standard InChI is InChI=1S/C42H62N2O4/c1-8-44(25-26-45)24-23-43-38(48)42-20-17-30(27(2)3)36(42)34-14-13-33-32(40(34,6)21-22-42)15-16-35-39(4,5)31(18-19-41(33,35)7)28-9-11-29(12-10-28)37(46)47/h9-12,18,30,32-36,45H,2,8,13-17,19-26H2,1,3-7H3,(H,43,48)(H,46,47). The molecule has 0 bridgehead atoms. The molecular formula is C42H62N2O4. The average Bonchev–Trinajstić information content (AvgIpc) is 3.45. The van der Waals surface area contributed by atoms with Gasteiger partial charge in [-0.15, -0.1) is 0 Å². The monoisotopic (exact) mass is 658 g/mol. The second-order valence-electron chi connectivity index (χ2n) is 17.6. The Morgan fingerprint density at radius 2 is 1.58 bits per heavy atom. The van der Waals surface area contributed by atoms with Gasteiger partial charge in [0.05, 0.1) is 17.6 Å². The fraction of sp³-hybridized carbons (Fsp3) is 0.714. The van der Waals surface area contributed by atoms with Crippen LogP contribution < -0.4 is 5.32 Å². The lowest BCUT2D eigenvalue weighted by molar-refractivity contribution is -0.181. The Balaban J connectivity index is 1.26. The minimum atomic E-state index is -0.876. The van der Waals surface area contributed by atoms with E-state index < -0.39 is 5.97 Å². The van der Waals surface area contributed by atoms with Gasteiger partial charge < -0.3 is 15.5 Å². The van der Waals surface area contributed by atoms with Gasteiger partial charge in [0.2, 0.25) is 5.91 Å². The molecule has 48 heavy (non-hydrogen) atoms. The maximum Gasteiger partial charge on any atom is 0.335 e. The van der Waals surface area contributed by atoms with Crippen LogP contribution in [0.2, 0.25) is 0 Å². The molecule has 6 rings (SSSR count). The van der Waals surface area contributed by atoms with Gasteiger partial charge in [-0.05, 0) is 146 Å². The molecule has 6 nitrogen and oxygen atoms in total. The molecular weight excluding hydrogens is 596 g/mol. The molecule has 0 radical (unpaired) electrons. The minimum absolute atomic E-state index is 0.00129. The molecule has 5 aliphatic rings. The summed E-state index contributed by atoms with van der Waals surface area (Å²) in [5.41, 5.74) is 4.30. The molecule has 0 spiro atoms. The first kappa shape index (κ1) is 35.4. The number of aliphatic hydroxyl groups excluding tert-OH is 1. The molecule has 5 aliphatic carbocycles. The number of nitrogens with zero attached hydrogens (tertiary/aromatic N) is 1. The van der Waals surface area contributed by atoms with Crippen molar-refractivity contribution in [1.82, 2.24) is 10.2 Å². The van der Waals surface area contributed by atoms with Gasteiger partial charge in [-0.25, -0.2) is 4.79 Å². The van der Waals surface area contributed by atoms with Gasteiger partial charge in [0.1, 0.15) is 0 Å². The summed E-state index contributed by atoms with van der Waals surface area (Å²) in [5.74, 6) is 2.63. The summed E-state index contributed by atoms with van der Waals surface area (Å²) in [4.78, 5) is 28.0.